The largest absolute Gasteiger partial charge is 0.507 e. The number of hydrogen-bond donors (Lipinski definition) is 10. The third-order valence-electron chi connectivity index (χ3n) is 18.4. The number of phenolic OH excluding ortho intramolecular Hbond substituents is 4. The Morgan fingerprint density at radius 2 is 0.612 bits per heavy atom. The van der Waals surface area contributed by atoms with Gasteiger partial charge in [0.15, 0.2) is 23.3 Å². The number of hydrazone groups is 4. The smallest absolute Gasteiger partial charge is 0.275 e. The van der Waals surface area contributed by atoms with Crippen molar-refractivity contribution in [2.24, 2.45) is 20.4 Å². The molecule has 0 aliphatic carbocycles. The third kappa shape index (κ3) is 14.8. The Morgan fingerprint density at radius 1 is 0.293 bits per heavy atom. The van der Waals surface area contributed by atoms with Crippen molar-refractivity contribution in [3.8, 4) is 115 Å². The predicted octanol–water partition coefficient (Wildman–Crippen LogP) is 15.9. The van der Waals surface area contributed by atoms with Crippen LogP contribution in [0.25, 0.3) is 89.7 Å². The minimum atomic E-state index is -0.651. The molecular weight excluding hydrogens is 1470 g/mol. The van der Waals surface area contributed by atoms with Crippen molar-refractivity contribution in [3.05, 3.63) is 311 Å². The number of para-hydroxylation sites is 8. The van der Waals surface area contributed by atoms with Gasteiger partial charge in [-0.15, -0.1) is 0 Å². The Balaban J connectivity index is 0.850. The molecule has 15 aromatic rings. The second kappa shape index (κ2) is 31.5. The van der Waals surface area contributed by atoms with Crippen molar-refractivity contribution < 1.29 is 58.6 Å². The summed E-state index contributed by atoms with van der Waals surface area (Å²) in [7, 11) is 0. The van der Waals surface area contributed by atoms with E-state index in [-0.39, 0.29) is 103 Å². The number of carbonyl (C=O) groups is 4. The molecule has 28 heteroatoms. The fourth-order valence-electron chi connectivity index (χ4n) is 12.9. The summed E-state index contributed by atoms with van der Waals surface area (Å²) in [5.74, 6) is -0.419. The van der Waals surface area contributed by atoms with E-state index in [1.54, 1.807) is 200 Å². The van der Waals surface area contributed by atoms with Crippen LogP contribution in [0.1, 0.15) is 63.7 Å². The van der Waals surface area contributed by atoms with Crippen LogP contribution in [-0.2, 0) is 0 Å². The van der Waals surface area contributed by atoms with Crippen LogP contribution in [-0.4, -0.2) is 109 Å². The minimum Gasteiger partial charge on any atom is -0.507 e. The van der Waals surface area contributed by atoms with Crippen molar-refractivity contribution in [2.75, 3.05) is 0 Å². The number of aromatic nitrogens is 8. The lowest BCUT2D eigenvalue weighted by molar-refractivity contribution is 0.0944. The molecule has 0 unspecified atom stereocenters. The van der Waals surface area contributed by atoms with Crippen molar-refractivity contribution >= 4 is 92.6 Å². The van der Waals surface area contributed by atoms with E-state index in [1.807, 2.05) is 18.2 Å². The van der Waals surface area contributed by atoms with Gasteiger partial charge in [-0.05, 0) is 133 Å². The Kier molecular flexibility index (Phi) is 19.5. The number of nitrogens with one attached hydrogen (secondary N) is 6. The van der Waals surface area contributed by atoms with Gasteiger partial charge in [-0.2, -0.15) is 20.4 Å². The summed E-state index contributed by atoms with van der Waals surface area (Å²) < 4.78 is 27.5. The van der Waals surface area contributed by atoms with E-state index in [1.165, 1.54) is 73.4 Å². The van der Waals surface area contributed by atoms with Crippen LogP contribution in [0.15, 0.2) is 287 Å². The zero-order chi connectivity index (χ0) is 79.2. The highest BCUT2D eigenvalue weighted by Crippen LogP contribution is 2.46. The fourth-order valence-corrected chi connectivity index (χ4v) is 12.9. The molecule has 0 saturated carbocycles. The van der Waals surface area contributed by atoms with Gasteiger partial charge in [-0.25, -0.2) is 51.6 Å². The Morgan fingerprint density at radius 3 is 1.03 bits per heavy atom. The maximum absolute atomic E-state index is 13.2. The number of benzene rings is 12. The van der Waals surface area contributed by atoms with Gasteiger partial charge in [-0.1, -0.05) is 133 Å². The quantitative estimate of drug-likeness (QED) is 0.0250. The maximum atomic E-state index is 13.2. The Labute approximate surface area is 655 Å². The van der Waals surface area contributed by atoms with Crippen LogP contribution in [0.4, 0.5) is 0 Å². The third-order valence-corrected chi connectivity index (χ3v) is 18.4. The Hall–Kier alpha value is -17.0. The molecule has 8 bridgehead atoms. The average Bonchev–Trinajstić information content (AvgIpc) is 1.59. The zero-order valence-electron chi connectivity index (χ0n) is 60.2. The Bertz CT molecular complexity index is 6820. The summed E-state index contributed by atoms with van der Waals surface area (Å²) >= 11 is 0. The lowest BCUT2D eigenvalue weighted by atomic mass is 10.1. The molecule has 3 aromatic heterocycles. The monoisotopic (exact) mass is 1530 g/mol. The highest BCUT2D eigenvalue weighted by Gasteiger charge is 2.29. The van der Waals surface area contributed by atoms with E-state index in [4.69, 9.17) is 48.9 Å². The summed E-state index contributed by atoms with van der Waals surface area (Å²) in [4.78, 5) is 91.9. The van der Waals surface area contributed by atoms with E-state index < -0.39 is 23.6 Å². The number of nitrogens with zero attached hydrogens (tertiary/aromatic N) is 10. The van der Waals surface area contributed by atoms with Gasteiger partial charge in [0, 0.05) is 49.7 Å². The molecule has 12 aromatic carbocycles. The highest BCUT2D eigenvalue weighted by atomic mass is 16.5. The number of fused-ring (bicyclic) bond motifs is 20. The van der Waals surface area contributed by atoms with E-state index in [0.29, 0.717) is 101 Å². The van der Waals surface area contributed by atoms with Crippen LogP contribution in [0.5, 0.6) is 69.0 Å². The van der Waals surface area contributed by atoms with Gasteiger partial charge < -0.3 is 49.3 Å². The number of phenols is 4. The van der Waals surface area contributed by atoms with Gasteiger partial charge >= 0.3 is 0 Å². The van der Waals surface area contributed by atoms with Crippen LogP contribution in [0.2, 0.25) is 0 Å². The van der Waals surface area contributed by atoms with E-state index in [2.05, 4.69) is 52.1 Å². The molecule has 116 heavy (non-hydrogen) atoms. The normalized spacial score (nSPS) is 11.6. The number of aromatic amines is 2. The molecule has 28 nitrogen and oxygen atoms in total. The van der Waals surface area contributed by atoms with Gasteiger partial charge in [-0.3, -0.25) is 19.2 Å². The van der Waals surface area contributed by atoms with Crippen molar-refractivity contribution in [1.29, 1.82) is 0 Å². The predicted molar refractivity (Wildman–Crippen MR) is 435 cm³/mol. The molecule has 0 saturated heterocycles. The summed E-state index contributed by atoms with van der Waals surface area (Å²) in [5, 5.41) is 60.5. The van der Waals surface area contributed by atoms with Crippen LogP contribution in [0.3, 0.4) is 0 Å². The second-order valence-electron chi connectivity index (χ2n) is 25.8. The molecule has 2 aliphatic rings. The standard InChI is InChI=1S/C88H58N16O12/c105-63-31-9-5-24-55(63)85(109)101-89-45-49-20-1-13-35-67(49)113-53-42-43-54-62(44-53)81-94-77(54)93-78-59-28-17-39-71(114-68-36-14-2-21-50(68)46-90-102-86(110)56-25-6-10-32-64(56)106)74(59)82(96-78)98-80-61-30-19-41-73(116-70-38-16-4-23-52(70)48-92-104-88(112)58-27-8-12-34-66(58)108)76(61)84(99-80)100-83-75-60(79(95-81)97-83)29-18-40-72(75)115-69-37-15-3-22-51(69)47-91-103-87(111)57-26-7-11-33-65(57)107/h1-48,105-108H,(H,101,109)(H,102,110)(H,103,111)(H,104,112)(H2,93,94,95,96,97,98,99,100)/b89-45+,90-46+,91-47+,92-48-. The molecule has 562 valence electrons. The molecule has 0 radical (unpaired) electrons. The summed E-state index contributed by atoms with van der Waals surface area (Å²) in [6, 6.07) is 73.9. The number of ether oxygens (including phenoxy) is 4. The lowest BCUT2D eigenvalue weighted by Gasteiger charge is -2.12. The molecule has 5 heterocycles. The number of hydrogen-bond acceptors (Lipinski definition) is 22. The summed E-state index contributed by atoms with van der Waals surface area (Å²) in [6.07, 6.45) is 5.66. The zero-order valence-corrected chi connectivity index (χ0v) is 60.2. The molecule has 0 spiro atoms. The van der Waals surface area contributed by atoms with Gasteiger partial charge in [0.25, 0.3) is 23.6 Å². The minimum absolute atomic E-state index is 0.0162. The van der Waals surface area contributed by atoms with Crippen molar-refractivity contribution in [2.45, 2.75) is 0 Å². The number of H-pyrrole nitrogens is 2. The summed E-state index contributed by atoms with van der Waals surface area (Å²) in [6.45, 7) is 0. The molecule has 0 atom stereocenters. The molecule has 17 rings (SSSR count). The molecule has 0 fully saturated rings. The number of carbonyl (C=O) groups excluding carboxylic acids is 4. The van der Waals surface area contributed by atoms with Crippen LogP contribution in [0, 0.1) is 0 Å². The van der Waals surface area contributed by atoms with E-state index in [9.17, 15) is 39.6 Å². The molecule has 10 N–H and O–H groups in total. The average molecular weight is 1530 g/mol. The number of rotatable bonds is 20. The molecular formula is C88H58N16O12. The van der Waals surface area contributed by atoms with Gasteiger partial charge in [0.2, 0.25) is 0 Å². The number of aromatic hydroxyl groups is 4. The maximum Gasteiger partial charge on any atom is 0.275 e. The first-order valence-electron chi connectivity index (χ1n) is 35.7. The van der Waals surface area contributed by atoms with Gasteiger partial charge in [0.05, 0.1) is 63.4 Å². The first-order valence-corrected chi connectivity index (χ1v) is 35.7. The molecule has 2 aliphatic heterocycles. The van der Waals surface area contributed by atoms with E-state index >= 15 is 0 Å². The van der Waals surface area contributed by atoms with Gasteiger partial charge in [0.1, 0.15) is 91.6 Å². The first kappa shape index (κ1) is 71.9. The summed E-state index contributed by atoms with van der Waals surface area (Å²) in [5.41, 5.74) is 14.6. The van der Waals surface area contributed by atoms with Crippen LogP contribution >= 0.6 is 0 Å². The first-order chi connectivity index (χ1) is 56.8. The van der Waals surface area contributed by atoms with Crippen molar-refractivity contribution in [3.63, 3.8) is 0 Å². The highest BCUT2D eigenvalue weighted by molar-refractivity contribution is 6.11. The van der Waals surface area contributed by atoms with Crippen molar-refractivity contribution in [1.82, 2.24) is 61.6 Å². The van der Waals surface area contributed by atoms with E-state index in [0.717, 1.165) is 0 Å². The SMILES string of the molecule is O=C(N/N=C\c1ccccc1Oc1cccc2c1-c1nc-2nc2[nH]c(nc3nc(nc4[nH]c(n1)c1c(Oc5ccccc5/C=N/NC(=O)c5ccccc5O)cccc41)-c1cc(Oc4ccccc4/C=N/NC(=O)c4ccccc4O)ccc1-3)c1cccc(Oc3ccccc3/C=N/NC(=O)c3ccccc3O)c21)c1ccccc1O. The topological polar surface area (TPSA) is 393 Å². The fraction of sp³-hybridized carbons (Fsp3) is 0. The number of amides is 4. The lowest BCUT2D eigenvalue weighted by Crippen LogP contribution is -2.17. The molecule has 4 amide bonds. The van der Waals surface area contributed by atoms with Crippen LogP contribution < -0.4 is 40.7 Å². The second-order valence-corrected chi connectivity index (χ2v) is 25.8.